The number of nitrogens with zero attached hydrogens (tertiary/aromatic N) is 3. The van der Waals surface area contributed by atoms with E-state index in [0.717, 1.165) is 6.33 Å². The topological polar surface area (TPSA) is 116 Å². The van der Waals surface area contributed by atoms with Crippen molar-refractivity contribution in [1.82, 2.24) is 9.97 Å². The van der Waals surface area contributed by atoms with Crippen LogP contribution < -0.4 is 15.8 Å². The molecule has 2 rings (SSSR count). The molecule has 0 fully saturated rings. The molecule has 0 unspecified atom stereocenters. The number of benzene rings is 1. The zero-order valence-corrected chi connectivity index (χ0v) is 11.1. The highest BCUT2D eigenvalue weighted by Gasteiger charge is 2.21. The van der Waals surface area contributed by atoms with Gasteiger partial charge < -0.3 is 15.8 Å². The Morgan fingerprint density at radius 2 is 2.20 bits per heavy atom. The Morgan fingerprint density at radius 1 is 1.45 bits per heavy atom. The molecule has 9 heteroatoms. The lowest BCUT2D eigenvalue weighted by Crippen LogP contribution is -2.05. The van der Waals surface area contributed by atoms with Crippen molar-refractivity contribution in [1.29, 1.82) is 0 Å². The second-order valence-corrected chi connectivity index (χ2v) is 4.12. The smallest absolute Gasteiger partial charge is 0.353 e. The molecule has 0 saturated heterocycles. The Labute approximate surface area is 118 Å². The van der Waals surface area contributed by atoms with Crippen LogP contribution in [0.3, 0.4) is 0 Å². The highest BCUT2D eigenvalue weighted by molar-refractivity contribution is 6.31. The quantitative estimate of drug-likeness (QED) is 0.657. The van der Waals surface area contributed by atoms with Crippen LogP contribution in [0.4, 0.5) is 23.0 Å². The minimum Gasteiger partial charge on any atom is -0.495 e. The van der Waals surface area contributed by atoms with Crippen molar-refractivity contribution in [3.8, 4) is 5.75 Å². The third-order valence-corrected chi connectivity index (χ3v) is 2.68. The van der Waals surface area contributed by atoms with Crippen LogP contribution in [0, 0.1) is 10.1 Å². The van der Waals surface area contributed by atoms with Gasteiger partial charge in [-0.3, -0.25) is 10.1 Å². The predicted molar refractivity (Wildman–Crippen MR) is 74.4 cm³/mol. The summed E-state index contributed by atoms with van der Waals surface area (Å²) in [7, 11) is 1.47. The van der Waals surface area contributed by atoms with Crippen LogP contribution >= 0.6 is 11.6 Å². The summed E-state index contributed by atoms with van der Waals surface area (Å²) in [4.78, 5) is 17.8. The normalized spacial score (nSPS) is 10.1. The van der Waals surface area contributed by atoms with E-state index >= 15 is 0 Å². The third-order valence-electron chi connectivity index (χ3n) is 2.45. The van der Waals surface area contributed by atoms with Crippen LogP contribution in [0.15, 0.2) is 24.5 Å². The summed E-state index contributed by atoms with van der Waals surface area (Å²) in [6.07, 6.45) is 1.13. The molecular formula is C11H10ClN5O3. The summed E-state index contributed by atoms with van der Waals surface area (Å²) in [6.45, 7) is 0. The first kappa shape index (κ1) is 13.8. The number of nitrogen functional groups attached to an aromatic ring is 1. The van der Waals surface area contributed by atoms with Crippen LogP contribution in [-0.2, 0) is 0 Å². The summed E-state index contributed by atoms with van der Waals surface area (Å²) in [6, 6.07) is 4.82. The maximum absolute atomic E-state index is 11.0. The Morgan fingerprint density at radius 3 is 2.85 bits per heavy atom. The molecule has 8 nitrogen and oxygen atoms in total. The highest BCUT2D eigenvalue weighted by Crippen LogP contribution is 2.34. The van der Waals surface area contributed by atoms with E-state index in [9.17, 15) is 10.1 Å². The van der Waals surface area contributed by atoms with Crippen molar-refractivity contribution in [3.05, 3.63) is 39.7 Å². The van der Waals surface area contributed by atoms with E-state index in [1.54, 1.807) is 18.2 Å². The Bertz CT molecular complexity index is 665. The van der Waals surface area contributed by atoms with Gasteiger partial charge in [0.2, 0.25) is 11.6 Å². The summed E-state index contributed by atoms with van der Waals surface area (Å²) >= 11 is 5.89. The van der Waals surface area contributed by atoms with Crippen molar-refractivity contribution in [2.75, 3.05) is 18.2 Å². The number of halogens is 1. The molecule has 0 aliphatic rings. The minimum absolute atomic E-state index is 0.0388. The van der Waals surface area contributed by atoms with E-state index in [-0.39, 0.29) is 11.6 Å². The third kappa shape index (κ3) is 2.69. The molecule has 0 saturated carbocycles. The second kappa shape index (κ2) is 5.57. The van der Waals surface area contributed by atoms with Gasteiger partial charge in [-0.15, -0.1) is 0 Å². The number of ether oxygens (including phenoxy) is 1. The number of nitro groups is 1. The lowest BCUT2D eigenvalue weighted by Gasteiger charge is -2.11. The Hall–Kier alpha value is -2.61. The monoisotopic (exact) mass is 295 g/mol. The number of hydrogen-bond acceptors (Lipinski definition) is 7. The number of hydrogen-bond donors (Lipinski definition) is 2. The number of anilines is 3. The van der Waals surface area contributed by atoms with Gasteiger partial charge in [-0.1, -0.05) is 11.6 Å². The molecule has 20 heavy (non-hydrogen) atoms. The van der Waals surface area contributed by atoms with E-state index in [1.165, 1.54) is 7.11 Å². The van der Waals surface area contributed by atoms with Crippen molar-refractivity contribution in [2.45, 2.75) is 0 Å². The number of rotatable bonds is 4. The van der Waals surface area contributed by atoms with Gasteiger partial charge in [0.05, 0.1) is 17.7 Å². The van der Waals surface area contributed by atoms with Gasteiger partial charge in [-0.2, -0.15) is 0 Å². The van der Waals surface area contributed by atoms with Crippen LogP contribution in [-0.4, -0.2) is 22.0 Å². The SMILES string of the molecule is COc1ccc(Cl)cc1Nc1ncnc(N)c1[N+](=O)[O-]. The van der Waals surface area contributed by atoms with E-state index in [2.05, 4.69) is 15.3 Å². The first-order chi connectivity index (χ1) is 9.52. The first-order valence-corrected chi connectivity index (χ1v) is 5.76. The molecule has 0 aliphatic heterocycles. The van der Waals surface area contributed by atoms with Gasteiger partial charge in [0.1, 0.15) is 12.1 Å². The van der Waals surface area contributed by atoms with Crippen molar-refractivity contribution >= 4 is 34.6 Å². The standard InChI is InChI=1S/C11H10ClN5O3/c1-20-8-3-2-6(12)4-7(8)16-11-9(17(18)19)10(13)14-5-15-11/h2-5H,1H3,(H3,13,14,15,16). The van der Waals surface area contributed by atoms with Crippen LogP contribution in [0.1, 0.15) is 0 Å². The zero-order chi connectivity index (χ0) is 14.7. The molecule has 0 bridgehead atoms. The molecule has 2 aromatic rings. The number of nitrogens with two attached hydrogens (primary N) is 1. The second-order valence-electron chi connectivity index (χ2n) is 3.68. The molecule has 0 spiro atoms. The maximum atomic E-state index is 11.0. The van der Waals surface area contributed by atoms with E-state index in [4.69, 9.17) is 22.1 Å². The van der Waals surface area contributed by atoms with E-state index in [0.29, 0.717) is 16.5 Å². The summed E-state index contributed by atoms with van der Waals surface area (Å²) in [5.74, 6) is 0.192. The lowest BCUT2D eigenvalue weighted by molar-refractivity contribution is -0.383. The van der Waals surface area contributed by atoms with Gasteiger partial charge in [0.15, 0.2) is 0 Å². The highest BCUT2D eigenvalue weighted by atomic mass is 35.5. The Balaban J connectivity index is 2.48. The van der Waals surface area contributed by atoms with Gasteiger partial charge in [0, 0.05) is 5.02 Å². The molecule has 104 valence electrons. The predicted octanol–water partition coefficient (Wildman–Crippen LogP) is 2.37. The summed E-state index contributed by atoms with van der Waals surface area (Å²) in [5.41, 5.74) is 5.51. The molecule has 0 amide bonds. The molecule has 0 aliphatic carbocycles. The minimum atomic E-state index is -0.658. The van der Waals surface area contributed by atoms with Crippen molar-refractivity contribution in [3.63, 3.8) is 0 Å². The molecule has 1 heterocycles. The average molecular weight is 296 g/mol. The molecule has 0 atom stereocenters. The summed E-state index contributed by atoms with van der Waals surface area (Å²) in [5, 5.41) is 14.2. The fraction of sp³-hybridized carbons (Fsp3) is 0.0909. The van der Waals surface area contributed by atoms with Crippen molar-refractivity contribution in [2.24, 2.45) is 0 Å². The van der Waals surface area contributed by atoms with Gasteiger partial charge in [-0.05, 0) is 18.2 Å². The zero-order valence-electron chi connectivity index (χ0n) is 10.3. The van der Waals surface area contributed by atoms with Crippen LogP contribution in [0.5, 0.6) is 5.75 Å². The molecule has 0 radical (unpaired) electrons. The molecular weight excluding hydrogens is 286 g/mol. The largest absolute Gasteiger partial charge is 0.495 e. The first-order valence-electron chi connectivity index (χ1n) is 5.38. The molecule has 1 aromatic carbocycles. The lowest BCUT2D eigenvalue weighted by atomic mass is 10.3. The van der Waals surface area contributed by atoms with Crippen LogP contribution in [0.25, 0.3) is 0 Å². The number of nitrogens with one attached hydrogen (secondary N) is 1. The fourth-order valence-electron chi connectivity index (χ4n) is 1.57. The van der Waals surface area contributed by atoms with Gasteiger partial charge in [-0.25, -0.2) is 9.97 Å². The molecule has 3 N–H and O–H groups in total. The Kier molecular flexibility index (Phi) is 3.85. The van der Waals surface area contributed by atoms with Crippen LogP contribution in [0.2, 0.25) is 5.02 Å². The number of methoxy groups -OCH3 is 1. The summed E-state index contributed by atoms with van der Waals surface area (Å²) < 4.78 is 5.14. The average Bonchev–Trinajstić information content (AvgIpc) is 2.38. The number of aromatic nitrogens is 2. The molecule has 1 aromatic heterocycles. The van der Waals surface area contributed by atoms with E-state index < -0.39 is 10.6 Å². The fourth-order valence-corrected chi connectivity index (χ4v) is 1.74. The maximum Gasteiger partial charge on any atom is 0.353 e. The van der Waals surface area contributed by atoms with Gasteiger partial charge >= 0.3 is 5.69 Å². The van der Waals surface area contributed by atoms with Gasteiger partial charge in [0.25, 0.3) is 0 Å². The van der Waals surface area contributed by atoms with Crippen molar-refractivity contribution < 1.29 is 9.66 Å². The van der Waals surface area contributed by atoms with E-state index in [1.807, 2.05) is 0 Å².